The van der Waals surface area contributed by atoms with Gasteiger partial charge < -0.3 is 10.2 Å². The maximum absolute atomic E-state index is 14.5. The molecule has 0 radical (unpaired) electrons. The molecule has 0 aromatic heterocycles. The number of nitrogens with zero attached hydrogens (tertiary/aromatic N) is 2. The van der Waals surface area contributed by atoms with Crippen molar-refractivity contribution in [1.82, 2.24) is 10.2 Å². The van der Waals surface area contributed by atoms with E-state index < -0.39 is 34.3 Å². The number of halogens is 2. The maximum Gasteiger partial charge on any atom is 0.264 e. The maximum atomic E-state index is 14.5. The molecule has 1 fully saturated rings. The van der Waals surface area contributed by atoms with Gasteiger partial charge in [-0.05, 0) is 66.4 Å². The second-order valence-electron chi connectivity index (χ2n) is 11.1. The molecule has 1 unspecified atom stereocenters. The summed E-state index contributed by atoms with van der Waals surface area (Å²) in [5.41, 5.74) is 1.56. The average molecular weight is 648 g/mol. The van der Waals surface area contributed by atoms with Crippen molar-refractivity contribution in [3.05, 3.63) is 131 Å². The minimum atomic E-state index is -4.26. The monoisotopic (exact) mass is 647 g/mol. The Kier molecular flexibility index (Phi) is 10.5. The van der Waals surface area contributed by atoms with Gasteiger partial charge in [-0.25, -0.2) is 12.8 Å². The molecule has 45 heavy (non-hydrogen) atoms. The van der Waals surface area contributed by atoms with Crippen molar-refractivity contribution in [1.29, 1.82) is 0 Å². The van der Waals surface area contributed by atoms with Gasteiger partial charge in [0, 0.05) is 24.0 Å². The van der Waals surface area contributed by atoms with Crippen LogP contribution in [-0.4, -0.2) is 43.8 Å². The number of rotatable bonds is 12. The Bertz CT molecular complexity index is 1700. The zero-order valence-electron chi connectivity index (χ0n) is 24.7. The molecule has 1 aliphatic rings. The lowest BCUT2D eigenvalue weighted by Crippen LogP contribution is -2.54. The molecule has 0 bridgehead atoms. The largest absolute Gasteiger partial charge is 0.352 e. The molecule has 7 nitrogen and oxygen atoms in total. The van der Waals surface area contributed by atoms with Gasteiger partial charge in [0.2, 0.25) is 11.8 Å². The van der Waals surface area contributed by atoms with Gasteiger partial charge in [0.1, 0.15) is 18.4 Å². The van der Waals surface area contributed by atoms with E-state index in [-0.39, 0.29) is 35.5 Å². The van der Waals surface area contributed by atoms with Crippen molar-refractivity contribution in [3.63, 3.8) is 0 Å². The predicted octanol–water partition coefficient (Wildman–Crippen LogP) is 6.37. The van der Waals surface area contributed by atoms with Gasteiger partial charge in [-0.2, -0.15) is 0 Å². The van der Waals surface area contributed by atoms with Crippen LogP contribution in [0, 0.1) is 5.82 Å². The van der Waals surface area contributed by atoms with Crippen LogP contribution in [0.25, 0.3) is 0 Å². The third-order valence-electron chi connectivity index (χ3n) is 8.00. The van der Waals surface area contributed by atoms with Gasteiger partial charge in [0.25, 0.3) is 10.0 Å². The summed E-state index contributed by atoms with van der Waals surface area (Å²) in [7, 11) is -4.26. The number of hydrogen-bond acceptors (Lipinski definition) is 4. The van der Waals surface area contributed by atoms with Gasteiger partial charge in [-0.1, -0.05) is 91.2 Å². The summed E-state index contributed by atoms with van der Waals surface area (Å²) in [5, 5.41) is 3.56. The van der Waals surface area contributed by atoms with Crippen LogP contribution in [0.1, 0.15) is 36.8 Å². The first-order chi connectivity index (χ1) is 21.7. The summed E-state index contributed by atoms with van der Waals surface area (Å²) in [5.74, 6) is -1.47. The summed E-state index contributed by atoms with van der Waals surface area (Å²) in [6, 6.07) is 28.1. The van der Waals surface area contributed by atoms with Crippen LogP contribution < -0.4 is 9.62 Å². The zero-order valence-corrected chi connectivity index (χ0v) is 26.3. The smallest absolute Gasteiger partial charge is 0.264 e. The number of hydrogen-bond donors (Lipinski definition) is 1. The molecule has 4 aromatic rings. The highest BCUT2D eigenvalue weighted by atomic mass is 35.5. The topological polar surface area (TPSA) is 86.8 Å². The van der Waals surface area contributed by atoms with E-state index in [0.717, 1.165) is 47.7 Å². The second kappa shape index (κ2) is 14.7. The lowest BCUT2D eigenvalue weighted by atomic mass is 10.0. The van der Waals surface area contributed by atoms with Crippen molar-refractivity contribution in [2.75, 3.05) is 10.8 Å². The molecule has 2 amide bonds. The first kappa shape index (κ1) is 32.2. The van der Waals surface area contributed by atoms with Crippen LogP contribution in [0.4, 0.5) is 10.1 Å². The lowest BCUT2D eigenvalue weighted by Gasteiger charge is -2.34. The Morgan fingerprint density at radius 2 is 1.44 bits per heavy atom. The van der Waals surface area contributed by atoms with Gasteiger partial charge in [-0.3, -0.25) is 13.9 Å². The molecule has 10 heteroatoms. The molecule has 1 atom stereocenters. The third kappa shape index (κ3) is 8.09. The Balaban J connectivity index is 1.56. The molecule has 1 N–H and O–H groups in total. The standard InChI is InChI=1S/C35H35ClFN3O4S/c36-32-18-10-7-13-27(32)24-39(33(23-26-11-3-1-4-12-26)35(42)38-29-14-8-9-15-29)34(41)25-40(30-21-19-28(37)20-22-30)45(43,44)31-16-5-2-6-17-31/h1-7,10-13,16-22,29,33H,8-9,14-15,23-25H2,(H,38,42). The molecule has 0 saturated heterocycles. The van der Waals surface area contributed by atoms with Gasteiger partial charge in [0.05, 0.1) is 10.6 Å². The summed E-state index contributed by atoms with van der Waals surface area (Å²) in [4.78, 5) is 29.9. The van der Waals surface area contributed by atoms with E-state index in [1.165, 1.54) is 29.2 Å². The fraction of sp³-hybridized carbons (Fsp3) is 0.257. The first-order valence-electron chi connectivity index (χ1n) is 14.9. The van der Waals surface area contributed by atoms with E-state index >= 15 is 0 Å². The summed E-state index contributed by atoms with van der Waals surface area (Å²) in [6.45, 7) is -0.661. The Morgan fingerprint density at radius 1 is 0.844 bits per heavy atom. The number of carbonyl (C=O) groups excluding carboxylic acids is 2. The molecule has 234 valence electrons. The normalized spacial score (nSPS) is 14.1. The first-order valence-corrected chi connectivity index (χ1v) is 16.7. The van der Waals surface area contributed by atoms with Gasteiger partial charge >= 0.3 is 0 Å². The van der Waals surface area contributed by atoms with Crippen molar-refractivity contribution >= 4 is 39.1 Å². The predicted molar refractivity (Wildman–Crippen MR) is 174 cm³/mol. The van der Waals surface area contributed by atoms with Gasteiger partial charge in [-0.15, -0.1) is 0 Å². The minimum absolute atomic E-state index is 0.00205. The molecular formula is C35H35ClFN3O4S. The number of carbonyl (C=O) groups is 2. The summed E-state index contributed by atoms with van der Waals surface area (Å²) < 4.78 is 42.8. The van der Waals surface area contributed by atoms with Crippen molar-refractivity contribution in [2.24, 2.45) is 0 Å². The number of sulfonamides is 1. The van der Waals surface area contributed by atoms with Crippen LogP contribution in [0.15, 0.2) is 114 Å². The zero-order chi connectivity index (χ0) is 31.8. The summed E-state index contributed by atoms with van der Waals surface area (Å²) in [6.07, 6.45) is 3.95. The fourth-order valence-electron chi connectivity index (χ4n) is 5.59. The molecule has 0 spiro atoms. The van der Waals surface area contributed by atoms with E-state index in [0.29, 0.717) is 10.6 Å². The molecule has 5 rings (SSSR count). The highest BCUT2D eigenvalue weighted by Gasteiger charge is 2.35. The molecular weight excluding hydrogens is 613 g/mol. The minimum Gasteiger partial charge on any atom is -0.352 e. The molecule has 4 aromatic carbocycles. The van der Waals surface area contributed by atoms with Crippen LogP contribution in [0.2, 0.25) is 5.02 Å². The number of anilines is 1. The average Bonchev–Trinajstić information content (AvgIpc) is 3.56. The van der Waals surface area contributed by atoms with E-state index in [4.69, 9.17) is 11.6 Å². The summed E-state index contributed by atoms with van der Waals surface area (Å²) >= 11 is 6.54. The highest BCUT2D eigenvalue weighted by Crippen LogP contribution is 2.27. The fourth-order valence-corrected chi connectivity index (χ4v) is 7.22. The Morgan fingerprint density at radius 3 is 2.09 bits per heavy atom. The van der Waals surface area contributed by atoms with Gasteiger partial charge in [0.15, 0.2) is 0 Å². The Hall–Kier alpha value is -4.21. The SMILES string of the molecule is O=C(NC1CCCC1)C(Cc1ccccc1)N(Cc1ccccc1Cl)C(=O)CN(c1ccc(F)cc1)S(=O)(=O)c1ccccc1. The van der Waals surface area contributed by atoms with Crippen molar-refractivity contribution in [2.45, 2.75) is 55.6 Å². The quantitative estimate of drug-likeness (QED) is 0.194. The molecule has 1 aliphatic carbocycles. The van der Waals surface area contributed by atoms with Crippen molar-refractivity contribution < 1.29 is 22.4 Å². The number of nitrogens with one attached hydrogen (secondary N) is 1. The van der Waals surface area contributed by atoms with Crippen LogP contribution >= 0.6 is 11.6 Å². The molecule has 1 saturated carbocycles. The second-order valence-corrected chi connectivity index (χ2v) is 13.4. The van der Waals surface area contributed by atoms with E-state index in [1.54, 1.807) is 42.5 Å². The third-order valence-corrected chi connectivity index (χ3v) is 10.2. The lowest BCUT2D eigenvalue weighted by molar-refractivity contribution is -0.140. The van der Waals surface area contributed by atoms with E-state index in [1.807, 2.05) is 30.3 Å². The van der Waals surface area contributed by atoms with E-state index in [2.05, 4.69) is 5.32 Å². The van der Waals surface area contributed by atoms with Crippen molar-refractivity contribution in [3.8, 4) is 0 Å². The number of amides is 2. The molecule has 0 heterocycles. The van der Waals surface area contributed by atoms with Crippen LogP contribution in [0.5, 0.6) is 0 Å². The van der Waals surface area contributed by atoms with E-state index in [9.17, 15) is 22.4 Å². The van der Waals surface area contributed by atoms with Crippen LogP contribution in [-0.2, 0) is 32.6 Å². The number of benzene rings is 4. The Labute approximate surface area is 268 Å². The molecule has 0 aliphatic heterocycles. The highest BCUT2D eigenvalue weighted by molar-refractivity contribution is 7.92. The van der Waals surface area contributed by atoms with Crippen LogP contribution in [0.3, 0.4) is 0 Å².